The summed E-state index contributed by atoms with van der Waals surface area (Å²) < 4.78 is 32.0. The van der Waals surface area contributed by atoms with E-state index in [1.165, 1.54) is 6.92 Å². The Morgan fingerprint density at radius 1 is 0.788 bits per heavy atom. The first-order valence-corrected chi connectivity index (χ1v) is 20.8. The lowest BCUT2D eigenvalue weighted by Gasteiger charge is -2.30. The van der Waals surface area contributed by atoms with E-state index in [0.717, 1.165) is 6.29 Å². The normalized spacial score (nSPS) is 25.7. The molecule has 0 aromatic heterocycles. The molecule has 0 aromatic rings. The fourth-order valence-corrected chi connectivity index (χ4v) is 7.81. The number of carbonyl (C=O) groups is 7. The van der Waals surface area contributed by atoms with Crippen molar-refractivity contribution in [3.05, 3.63) is 12.2 Å². The van der Waals surface area contributed by atoms with Gasteiger partial charge in [0.25, 0.3) is 0 Å². The lowest BCUT2D eigenvalue weighted by Crippen LogP contribution is -2.44. The zero-order chi connectivity index (χ0) is 38.6. The Morgan fingerprint density at radius 2 is 1.25 bits per heavy atom. The third kappa shape index (κ3) is 11.6. The summed E-state index contributed by atoms with van der Waals surface area (Å²) in [5.41, 5.74) is -2.14. The molecule has 0 bridgehead atoms. The van der Waals surface area contributed by atoms with E-state index in [9.17, 15) is 33.6 Å². The summed E-state index contributed by atoms with van der Waals surface area (Å²) in [6.45, 7) is 4.07. The standard InChI is InChI=1S/C34H45Br4NO13/c1-4-47-28(42)21(35)8-6-10-23(37)30(44)50-17-33(3,18-51-31(45)24(38)11-7-9-22(36)29(43)48-5-2)32(46)49-15-14-39-27(41)25-19(16-40)26-34(52-26)13-12-20(25)34/h12-13,16,19-26H,4-11,14-15,17-18H2,1-3H3,(H,39,41). The molecule has 1 aliphatic heterocycles. The van der Waals surface area contributed by atoms with Crippen LogP contribution in [0.15, 0.2) is 12.2 Å². The molecule has 0 radical (unpaired) electrons. The summed E-state index contributed by atoms with van der Waals surface area (Å²) in [4.78, 5) is 84.9. The number of esters is 5. The second-order valence-corrected chi connectivity index (χ2v) is 17.4. The number of halogens is 4. The molecule has 9 atom stereocenters. The summed E-state index contributed by atoms with van der Waals surface area (Å²) in [5.74, 6) is -4.65. The van der Waals surface area contributed by atoms with E-state index in [2.05, 4.69) is 69.0 Å². The topological polar surface area (TPSA) is 190 Å². The molecular formula is C34H45Br4NO13. The van der Waals surface area contributed by atoms with Gasteiger partial charge in [-0.25, -0.2) is 0 Å². The molecule has 2 fully saturated rings. The van der Waals surface area contributed by atoms with Crippen molar-refractivity contribution in [2.45, 2.75) is 90.3 Å². The maximum absolute atomic E-state index is 13.4. The molecule has 3 rings (SSSR count). The average Bonchev–Trinajstić information content (AvgIpc) is 3.84. The molecule has 0 aromatic carbocycles. The Bertz CT molecular complexity index is 1300. The molecule has 1 spiro atoms. The van der Waals surface area contributed by atoms with Crippen LogP contribution in [0.5, 0.6) is 0 Å². The molecular weight excluding hydrogens is 950 g/mol. The number of hydrogen-bond acceptors (Lipinski definition) is 13. The van der Waals surface area contributed by atoms with E-state index < -0.39 is 85.2 Å². The summed E-state index contributed by atoms with van der Waals surface area (Å²) in [6.07, 6.45) is 6.62. The van der Waals surface area contributed by atoms with Gasteiger partial charge in [0.15, 0.2) is 0 Å². The van der Waals surface area contributed by atoms with Crippen molar-refractivity contribution in [1.29, 1.82) is 0 Å². The maximum Gasteiger partial charge on any atom is 0.319 e. The molecule has 52 heavy (non-hydrogen) atoms. The minimum Gasteiger partial charge on any atom is -0.465 e. The first-order valence-electron chi connectivity index (χ1n) is 17.2. The van der Waals surface area contributed by atoms with E-state index in [-0.39, 0.29) is 44.3 Å². The monoisotopic (exact) mass is 991 g/mol. The van der Waals surface area contributed by atoms with Gasteiger partial charge >= 0.3 is 29.8 Å². The summed E-state index contributed by atoms with van der Waals surface area (Å²) in [7, 11) is 0. The van der Waals surface area contributed by atoms with Gasteiger partial charge in [0.05, 0.1) is 31.6 Å². The minimum atomic E-state index is -1.62. The first-order chi connectivity index (χ1) is 24.6. The molecule has 1 saturated carbocycles. The van der Waals surface area contributed by atoms with Crippen LogP contribution in [0.25, 0.3) is 0 Å². The van der Waals surface area contributed by atoms with Crippen molar-refractivity contribution >= 4 is 106 Å². The van der Waals surface area contributed by atoms with Crippen LogP contribution in [-0.2, 0) is 62.0 Å². The number of hydrogen-bond donors (Lipinski definition) is 1. The van der Waals surface area contributed by atoms with Gasteiger partial charge in [0, 0.05) is 5.92 Å². The van der Waals surface area contributed by atoms with Gasteiger partial charge in [-0.15, -0.1) is 0 Å². The van der Waals surface area contributed by atoms with Crippen LogP contribution >= 0.6 is 63.7 Å². The lowest BCUT2D eigenvalue weighted by atomic mass is 9.77. The third-order valence-electron chi connectivity index (χ3n) is 9.03. The van der Waals surface area contributed by atoms with Crippen LogP contribution in [0, 0.1) is 23.2 Å². The Labute approximate surface area is 336 Å². The average molecular weight is 995 g/mol. The van der Waals surface area contributed by atoms with Crippen LogP contribution in [0.3, 0.4) is 0 Å². The highest BCUT2D eigenvalue weighted by atomic mass is 79.9. The van der Waals surface area contributed by atoms with E-state index in [4.69, 9.17) is 28.4 Å². The fraction of sp³-hybridized carbons (Fsp3) is 0.735. The predicted molar refractivity (Wildman–Crippen MR) is 199 cm³/mol. The third-order valence-corrected chi connectivity index (χ3v) is 12.4. The number of carbonyl (C=O) groups excluding carboxylic acids is 7. The van der Waals surface area contributed by atoms with Gasteiger partial charge in [-0.1, -0.05) is 88.7 Å². The Hall–Kier alpha value is -1.89. The summed E-state index contributed by atoms with van der Waals surface area (Å²) in [6, 6.07) is 0. The Morgan fingerprint density at radius 3 is 1.65 bits per heavy atom. The van der Waals surface area contributed by atoms with Crippen molar-refractivity contribution in [3.63, 3.8) is 0 Å². The van der Waals surface area contributed by atoms with Gasteiger partial charge in [0.2, 0.25) is 5.91 Å². The number of amides is 1. The molecule has 3 aliphatic rings. The Balaban J connectivity index is 1.53. The van der Waals surface area contributed by atoms with Crippen LogP contribution in [0.2, 0.25) is 0 Å². The van der Waals surface area contributed by atoms with Crippen molar-refractivity contribution < 1.29 is 62.0 Å². The highest BCUT2D eigenvalue weighted by Gasteiger charge is 2.76. The van der Waals surface area contributed by atoms with Gasteiger partial charge < -0.3 is 38.5 Å². The molecule has 1 heterocycles. The van der Waals surface area contributed by atoms with Crippen LogP contribution in [0.4, 0.5) is 0 Å². The van der Waals surface area contributed by atoms with Crippen molar-refractivity contribution in [3.8, 4) is 0 Å². The van der Waals surface area contributed by atoms with E-state index >= 15 is 0 Å². The highest BCUT2D eigenvalue weighted by Crippen LogP contribution is 2.64. The maximum atomic E-state index is 13.4. The van der Waals surface area contributed by atoms with E-state index in [0.29, 0.717) is 38.5 Å². The molecule has 1 saturated heterocycles. The second kappa shape index (κ2) is 20.7. The van der Waals surface area contributed by atoms with E-state index in [1.54, 1.807) is 13.8 Å². The van der Waals surface area contributed by atoms with Crippen molar-refractivity contribution in [2.24, 2.45) is 23.2 Å². The van der Waals surface area contributed by atoms with Crippen molar-refractivity contribution in [2.75, 3.05) is 39.6 Å². The summed E-state index contributed by atoms with van der Waals surface area (Å²) in [5, 5.41) is 2.72. The Kier molecular flexibility index (Phi) is 17.7. The molecule has 292 valence electrons. The summed E-state index contributed by atoms with van der Waals surface area (Å²) >= 11 is 13.1. The largest absolute Gasteiger partial charge is 0.465 e. The molecule has 14 nitrogen and oxygen atoms in total. The molecule has 18 heteroatoms. The van der Waals surface area contributed by atoms with Crippen LogP contribution in [0.1, 0.15) is 59.3 Å². The SMILES string of the molecule is CCOC(=O)C(Br)CCCC(Br)C(=O)OCC(C)(COC(=O)C(Br)CCCC(Br)C(=O)OCC)C(=O)OCCNC(=O)C1C(C=O)C2OC23C=CC13. The zero-order valence-corrected chi connectivity index (χ0v) is 35.5. The molecule has 2 aliphatic carbocycles. The van der Waals surface area contributed by atoms with Crippen molar-refractivity contribution in [1.82, 2.24) is 5.32 Å². The van der Waals surface area contributed by atoms with Gasteiger partial charge in [-0.2, -0.15) is 0 Å². The van der Waals surface area contributed by atoms with Crippen LogP contribution < -0.4 is 5.32 Å². The van der Waals surface area contributed by atoms with Crippen LogP contribution in [-0.4, -0.2) is 113 Å². The molecule has 1 amide bonds. The van der Waals surface area contributed by atoms with Gasteiger partial charge in [-0.05, 0) is 46.5 Å². The second-order valence-electron chi connectivity index (χ2n) is 13.0. The number of ether oxygens (including phenoxy) is 6. The smallest absolute Gasteiger partial charge is 0.319 e. The number of nitrogens with one attached hydrogen (secondary N) is 1. The number of rotatable bonds is 24. The zero-order valence-electron chi connectivity index (χ0n) is 29.2. The molecule has 9 unspecified atom stereocenters. The van der Waals surface area contributed by atoms with E-state index in [1.807, 2.05) is 12.2 Å². The first kappa shape index (κ1) is 44.5. The van der Waals surface area contributed by atoms with Gasteiger partial charge in [0.1, 0.15) is 62.5 Å². The lowest BCUT2D eigenvalue weighted by molar-refractivity contribution is -0.170. The van der Waals surface area contributed by atoms with Gasteiger partial charge in [-0.3, -0.25) is 28.8 Å². The predicted octanol–water partition coefficient (Wildman–Crippen LogP) is 4.03. The number of aldehydes is 1. The number of epoxide rings is 1. The molecule has 1 N–H and O–H groups in total. The quantitative estimate of drug-likeness (QED) is 0.0278. The highest BCUT2D eigenvalue weighted by molar-refractivity contribution is 9.10. The minimum absolute atomic E-state index is 0.0507. The fourth-order valence-electron chi connectivity index (χ4n) is 5.99. The number of alkyl halides is 4.